The van der Waals surface area contributed by atoms with E-state index in [1.54, 1.807) is 7.11 Å². The van der Waals surface area contributed by atoms with Crippen LogP contribution < -0.4 is 4.74 Å². The predicted molar refractivity (Wildman–Crippen MR) is 126 cm³/mol. The van der Waals surface area contributed by atoms with Crippen molar-refractivity contribution in [2.24, 2.45) is 5.92 Å². The molecule has 0 bridgehead atoms. The zero-order chi connectivity index (χ0) is 21.5. The molecule has 0 aliphatic carbocycles. The first-order chi connectivity index (χ1) is 15.2. The van der Waals surface area contributed by atoms with Crippen molar-refractivity contribution in [2.45, 2.75) is 25.8 Å². The van der Waals surface area contributed by atoms with E-state index in [1.165, 1.54) is 37.1 Å². The summed E-state index contributed by atoms with van der Waals surface area (Å²) in [5.41, 5.74) is 3.85. The van der Waals surface area contributed by atoms with Crippen LogP contribution in [-0.2, 0) is 13.0 Å². The van der Waals surface area contributed by atoms with Gasteiger partial charge in [0, 0.05) is 38.6 Å². The third-order valence-corrected chi connectivity index (χ3v) is 6.18. The lowest BCUT2D eigenvalue weighted by Crippen LogP contribution is -2.40. The van der Waals surface area contributed by atoms with Crippen molar-refractivity contribution in [2.75, 3.05) is 40.3 Å². The Balaban J connectivity index is 1.25. The van der Waals surface area contributed by atoms with Gasteiger partial charge in [-0.05, 0) is 80.2 Å². The van der Waals surface area contributed by atoms with E-state index in [4.69, 9.17) is 4.74 Å². The van der Waals surface area contributed by atoms with Gasteiger partial charge >= 0.3 is 0 Å². The molecule has 4 rings (SSSR count). The SMILES string of the molecule is COc1ccc(CCN2CCCC(CN(C)Cc3cccc(-n4cccn4)c3)C2)cc1. The second kappa shape index (κ2) is 10.6. The van der Waals surface area contributed by atoms with Gasteiger partial charge in [0.15, 0.2) is 0 Å². The minimum absolute atomic E-state index is 0.740. The molecule has 0 spiro atoms. The van der Waals surface area contributed by atoms with Crippen LogP contribution in [0.1, 0.15) is 24.0 Å². The van der Waals surface area contributed by atoms with Crippen LogP contribution in [0.2, 0.25) is 0 Å². The van der Waals surface area contributed by atoms with Crippen LogP contribution in [0.15, 0.2) is 67.0 Å². The van der Waals surface area contributed by atoms with Crippen LogP contribution in [0.5, 0.6) is 5.75 Å². The molecule has 2 aromatic carbocycles. The highest BCUT2D eigenvalue weighted by molar-refractivity contribution is 5.35. The molecule has 1 aromatic heterocycles. The average molecular weight is 419 g/mol. The predicted octanol–water partition coefficient (Wildman–Crippen LogP) is 4.27. The number of likely N-dealkylation sites (tertiary alicyclic amines) is 1. The van der Waals surface area contributed by atoms with Crippen LogP contribution in [0.25, 0.3) is 5.69 Å². The zero-order valence-electron chi connectivity index (χ0n) is 18.8. The molecule has 2 heterocycles. The number of piperidine rings is 1. The third kappa shape index (κ3) is 6.18. The number of ether oxygens (including phenoxy) is 1. The first kappa shape index (κ1) is 21.6. The largest absolute Gasteiger partial charge is 0.497 e. The lowest BCUT2D eigenvalue weighted by atomic mass is 9.97. The Hall–Kier alpha value is -2.63. The van der Waals surface area contributed by atoms with Gasteiger partial charge in [0.2, 0.25) is 0 Å². The Labute approximate surface area is 186 Å². The minimum atomic E-state index is 0.740. The maximum Gasteiger partial charge on any atom is 0.118 e. The molecule has 5 heteroatoms. The Bertz CT molecular complexity index is 923. The highest BCUT2D eigenvalue weighted by Crippen LogP contribution is 2.20. The molecular formula is C26H34N4O. The van der Waals surface area contributed by atoms with E-state index in [0.717, 1.165) is 43.4 Å². The summed E-state index contributed by atoms with van der Waals surface area (Å²) in [6.07, 6.45) is 7.55. The Morgan fingerprint density at radius 1 is 1.10 bits per heavy atom. The molecule has 0 amide bonds. The average Bonchev–Trinajstić information content (AvgIpc) is 3.33. The molecule has 1 fully saturated rings. The molecule has 1 aliphatic heterocycles. The van der Waals surface area contributed by atoms with E-state index >= 15 is 0 Å². The number of benzene rings is 2. The van der Waals surface area contributed by atoms with Crippen molar-refractivity contribution in [3.8, 4) is 11.4 Å². The standard InChI is InChI=1S/C26H34N4O/c1-28(19-23-6-3-8-25(18-23)30-16-5-14-27-30)20-24-7-4-15-29(21-24)17-13-22-9-11-26(31-2)12-10-22/h3,5-6,8-12,14,16,18,24H,4,7,13,15,17,19-21H2,1-2H3. The summed E-state index contributed by atoms with van der Waals surface area (Å²) in [5.74, 6) is 1.67. The van der Waals surface area contributed by atoms with Crippen molar-refractivity contribution in [1.29, 1.82) is 0 Å². The molecule has 1 saturated heterocycles. The van der Waals surface area contributed by atoms with Crippen molar-refractivity contribution in [1.82, 2.24) is 19.6 Å². The van der Waals surface area contributed by atoms with Gasteiger partial charge in [-0.15, -0.1) is 0 Å². The van der Waals surface area contributed by atoms with Crippen molar-refractivity contribution < 1.29 is 4.74 Å². The summed E-state index contributed by atoms with van der Waals surface area (Å²) in [6, 6.07) is 19.1. The molecule has 0 N–H and O–H groups in total. The number of nitrogens with zero attached hydrogens (tertiary/aromatic N) is 4. The summed E-state index contributed by atoms with van der Waals surface area (Å²) in [6.45, 7) is 5.68. The minimum Gasteiger partial charge on any atom is -0.497 e. The van der Waals surface area contributed by atoms with E-state index in [1.807, 2.05) is 23.1 Å². The molecule has 0 radical (unpaired) electrons. The Morgan fingerprint density at radius 2 is 1.97 bits per heavy atom. The number of hydrogen-bond acceptors (Lipinski definition) is 4. The van der Waals surface area contributed by atoms with E-state index < -0.39 is 0 Å². The van der Waals surface area contributed by atoms with Gasteiger partial charge < -0.3 is 14.5 Å². The second-order valence-corrected chi connectivity index (χ2v) is 8.72. The fourth-order valence-corrected chi connectivity index (χ4v) is 4.62. The van der Waals surface area contributed by atoms with Gasteiger partial charge in [0.25, 0.3) is 0 Å². The van der Waals surface area contributed by atoms with Crippen LogP contribution >= 0.6 is 0 Å². The first-order valence-corrected chi connectivity index (χ1v) is 11.3. The molecular weight excluding hydrogens is 384 g/mol. The van der Waals surface area contributed by atoms with Crippen LogP contribution in [0, 0.1) is 5.92 Å². The number of methoxy groups -OCH3 is 1. The molecule has 1 unspecified atom stereocenters. The normalized spacial score (nSPS) is 17.2. The maximum absolute atomic E-state index is 5.26. The third-order valence-electron chi connectivity index (χ3n) is 6.18. The lowest BCUT2D eigenvalue weighted by molar-refractivity contribution is 0.142. The topological polar surface area (TPSA) is 33.5 Å². The highest BCUT2D eigenvalue weighted by Gasteiger charge is 2.21. The number of aromatic nitrogens is 2. The van der Waals surface area contributed by atoms with Crippen LogP contribution in [0.4, 0.5) is 0 Å². The summed E-state index contributed by atoms with van der Waals surface area (Å²) >= 11 is 0. The summed E-state index contributed by atoms with van der Waals surface area (Å²) in [4.78, 5) is 5.12. The molecule has 1 atom stereocenters. The molecule has 0 saturated carbocycles. The van der Waals surface area contributed by atoms with Gasteiger partial charge in [-0.25, -0.2) is 4.68 Å². The van der Waals surface area contributed by atoms with E-state index in [2.05, 4.69) is 70.5 Å². The van der Waals surface area contributed by atoms with E-state index in [9.17, 15) is 0 Å². The van der Waals surface area contributed by atoms with Crippen LogP contribution in [0.3, 0.4) is 0 Å². The summed E-state index contributed by atoms with van der Waals surface area (Å²) in [5, 5.41) is 4.35. The van der Waals surface area contributed by atoms with Gasteiger partial charge in [-0.1, -0.05) is 24.3 Å². The van der Waals surface area contributed by atoms with Crippen molar-refractivity contribution >= 4 is 0 Å². The monoisotopic (exact) mass is 418 g/mol. The van der Waals surface area contributed by atoms with Crippen molar-refractivity contribution in [3.05, 3.63) is 78.1 Å². The maximum atomic E-state index is 5.26. The van der Waals surface area contributed by atoms with E-state index in [-0.39, 0.29) is 0 Å². The molecule has 164 valence electrons. The van der Waals surface area contributed by atoms with Gasteiger partial charge in [0.05, 0.1) is 12.8 Å². The Morgan fingerprint density at radius 3 is 2.74 bits per heavy atom. The van der Waals surface area contributed by atoms with Gasteiger partial charge in [0.1, 0.15) is 5.75 Å². The van der Waals surface area contributed by atoms with Gasteiger partial charge in [-0.3, -0.25) is 0 Å². The van der Waals surface area contributed by atoms with Crippen molar-refractivity contribution in [3.63, 3.8) is 0 Å². The second-order valence-electron chi connectivity index (χ2n) is 8.72. The zero-order valence-corrected chi connectivity index (χ0v) is 18.8. The molecule has 31 heavy (non-hydrogen) atoms. The lowest BCUT2D eigenvalue weighted by Gasteiger charge is -2.34. The number of hydrogen-bond donors (Lipinski definition) is 0. The Kier molecular flexibility index (Phi) is 7.39. The summed E-state index contributed by atoms with van der Waals surface area (Å²) < 4.78 is 7.19. The molecule has 1 aliphatic rings. The highest BCUT2D eigenvalue weighted by atomic mass is 16.5. The molecule has 3 aromatic rings. The fourth-order valence-electron chi connectivity index (χ4n) is 4.62. The first-order valence-electron chi connectivity index (χ1n) is 11.3. The van der Waals surface area contributed by atoms with Crippen LogP contribution in [-0.4, -0.2) is 59.9 Å². The smallest absolute Gasteiger partial charge is 0.118 e. The quantitative estimate of drug-likeness (QED) is 0.520. The van der Waals surface area contributed by atoms with E-state index in [0.29, 0.717) is 0 Å². The number of rotatable bonds is 9. The van der Waals surface area contributed by atoms with Gasteiger partial charge in [-0.2, -0.15) is 5.10 Å². The molecule has 5 nitrogen and oxygen atoms in total. The summed E-state index contributed by atoms with van der Waals surface area (Å²) in [7, 11) is 3.97. The fraction of sp³-hybridized carbons (Fsp3) is 0.423.